The average Bonchev–Trinajstić information content (AvgIpc) is 3.30. The first kappa shape index (κ1) is 23.1. The number of likely N-dealkylation sites (tertiary alicyclic amines) is 1. The first-order valence-corrected chi connectivity index (χ1v) is 10.0. The quantitative estimate of drug-likeness (QED) is 0.502. The summed E-state index contributed by atoms with van der Waals surface area (Å²) in [6.45, 7) is 0.711. The predicted octanol–water partition coefficient (Wildman–Crippen LogP) is 3.18. The number of amides is 2. The number of amidine groups is 1. The summed E-state index contributed by atoms with van der Waals surface area (Å²) >= 11 is 0. The summed E-state index contributed by atoms with van der Waals surface area (Å²) in [6.07, 6.45) is -3.22. The lowest BCUT2D eigenvalue weighted by Crippen LogP contribution is -2.43. The van der Waals surface area contributed by atoms with E-state index in [1.807, 2.05) is 0 Å². The van der Waals surface area contributed by atoms with Crippen LogP contribution in [0.5, 0.6) is 5.75 Å². The third-order valence-electron chi connectivity index (χ3n) is 5.04. The van der Waals surface area contributed by atoms with Crippen LogP contribution >= 0.6 is 0 Å². The Morgan fingerprint density at radius 3 is 2.31 bits per heavy atom. The molecule has 1 aliphatic heterocycles. The van der Waals surface area contributed by atoms with Gasteiger partial charge in [0, 0.05) is 29.9 Å². The van der Waals surface area contributed by atoms with Crippen molar-refractivity contribution in [2.24, 2.45) is 5.73 Å². The Hall–Kier alpha value is -3.56. The number of ether oxygens (including phenoxy) is 1. The molecule has 1 aliphatic rings. The fraction of sp³-hybridized carbons (Fsp3) is 0.318. The van der Waals surface area contributed by atoms with Crippen LogP contribution in [0.1, 0.15) is 28.8 Å². The van der Waals surface area contributed by atoms with E-state index < -0.39 is 12.1 Å². The monoisotopic (exact) mass is 448 g/mol. The van der Waals surface area contributed by atoms with Crippen molar-refractivity contribution < 1.29 is 27.5 Å². The molecule has 2 aromatic carbocycles. The minimum absolute atomic E-state index is 0.00591. The van der Waals surface area contributed by atoms with Crippen LogP contribution in [0.3, 0.4) is 0 Å². The maximum Gasteiger partial charge on any atom is 0.471 e. The molecule has 2 amide bonds. The molecule has 0 aliphatic carbocycles. The standard InChI is InChI=1S/C22H23F3N4O3/c23-22(24,25)21(31)29(12-13-32-18-5-3-4-16(14-18)19(26)27)17-8-6-15(7-9-17)20(30)28-10-1-2-11-28/h3-9,14H,1-2,10-13H2,(H3,26,27). The molecule has 0 atom stereocenters. The van der Waals surface area contributed by atoms with Crippen molar-refractivity contribution in [3.05, 3.63) is 59.7 Å². The second-order valence-electron chi connectivity index (χ2n) is 7.29. The molecule has 1 saturated heterocycles. The van der Waals surface area contributed by atoms with E-state index in [9.17, 15) is 22.8 Å². The van der Waals surface area contributed by atoms with Crippen LogP contribution < -0.4 is 15.4 Å². The predicted molar refractivity (Wildman–Crippen MR) is 113 cm³/mol. The van der Waals surface area contributed by atoms with Crippen molar-refractivity contribution in [2.75, 3.05) is 31.1 Å². The molecule has 0 unspecified atom stereocenters. The highest BCUT2D eigenvalue weighted by molar-refractivity contribution is 5.99. The van der Waals surface area contributed by atoms with Crippen molar-refractivity contribution in [2.45, 2.75) is 19.0 Å². The molecule has 170 valence electrons. The molecule has 7 nitrogen and oxygen atoms in total. The minimum atomic E-state index is -5.07. The second-order valence-corrected chi connectivity index (χ2v) is 7.29. The molecule has 0 aromatic heterocycles. The molecular formula is C22H23F3N4O3. The SMILES string of the molecule is N=C(N)c1cccc(OCCN(C(=O)C(F)(F)F)c2ccc(C(=O)N3CCCC3)cc2)c1. The smallest absolute Gasteiger partial charge is 0.471 e. The third kappa shape index (κ3) is 5.57. The highest BCUT2D eigenvalue weighted by Crippen LogP contribution is 2.25. The molecule has 1 heterocycles. The van der Waals surface area contributed by atoms with E-state index in [-0.39, 0.29) is 30.6 Å². The number of carbonyl (C=O) groups is 2. The molecule has 3 N–H and O–H groups in total. The number of benzene rings is 2. The van der Waals surface area contributed by atoms with Crippen molar-refractivity contribution >= 4 is 23.3 Å². The van der Waals surface area contributed by atoms with Gasteiger partial charge in [0.1, 0.15) is 18.2 Å². The Kier molecular flexibility index (Phi) is 7.01. The molecule has 10 heteroatoms. The van der Waals surface area contributed by atoms with Gasteiger partial charge in [0.25, 0.3) is 5.91 Å². The van der Waals surface area contributed by atoms with Crippen LogP contribution in [0.2, 0.25) is 0 Å². The van der Waals surface area contributed by atoms with Crippen LogP contribution in [0.4, 0.5) is 18.9 Å². The largest absolute Gasteiger partial charge is 0.492 e. The fourth-order valence-corrected chi connectivity index (χ4v) is 3.40. The zero-order valence-electron chi connectivity index (χ0n) is 17.2. The van der Waals surface area contributed by atoms with Gasteiger partial charge in [-0.25, -0.2) is 0 Å². The Bertz CT molecular complexity index is 987. The van der Waals surface area contributed by atoms with Gasteiger partial charge < -0.3 is 20.3 Å². The molecule has 32 heavy (non-hydrogen) atoms. The van der Waals surface area contributed by atoms with Gasteiger partial charge in [-0.2, -0.15) is 13.2 Å². The number of nitrogen functional groups attached to an aromatic ring is 1. The Morgan fingerprint density at radius 2 is 1.72 bits per heavy atom. The van der Waals surface area contributed by atoms with Crippen molar-refractivity contribution in [1.29, 1.82) is 5.41 Å². The number of halogens is 3. The first-order chi connectivity index (χ1) is 15.2. The number of alkyl halides is 3. The van der Waals surface area contributed by atoms with Gasteiger partial charge in [0.05, 0.1) is 6.54 Å². The Balaban J connectivity index is 1.73. The summed E-state index contributed by atoms with van der Waals surface area (Å²) in [7, 11) is 0. The van der Waals surface area contributed by atoms with E-state index in [1.165, 1.54) is 30.3 Å². The summed E-state index contributed by atoms with van der Waals surface area (Å²) in [4.78, 5) is 26.7. The highest BCUT2D eigenvalue weighted by Gasteiger charge is 2.43. The maximum atomic E-state index is 13.2. The van der Waals surface area contributed by atoms with Crippen LogP contribution in [-0.2, 0) is 4.79 Å². The number of nitrogens with one attached hydrogen (secondary N) is 1. The van der Waals surface area contributed by atoms with Crippen LogP contribution in [0, 0.1) is 5.41 Å². The van der Waals surface area contributed by atoms with Crippen LogP contribution in [-0.4, -0.2) is 55.0 Å². The van der Waals surface area contributed by atoms with Gasteiger partial charge >= 0.3 is 12.1 Å². The number of hydrogen-bond donors (Lipinski definition) is 2. The van der Waals surface area contributed by atoms with Gasteiger partial charge in [0.15, 0.2) is 0 Å². The zero-order valence-corrected chi connectivity index (χ0v) is 17.2. The molecule has 1 fully saturated rings. The van der Waals surface area contributed by atoms with Gasteiger partial charge in [0.2, 0.25) is 0 Å². The van der Waals surface area contributed by atoms with Gasteiger partial charge in [-0.05, 0) is 49.2 Å². The lowest BCUT2D eigenvalue weighted by Gasteiger charge is -2.24. The van der Waals surface area contributed by atoms with Crippen LogP contribution in [0.25, 0.3) is 0 Å². The fourth-order valence-electron chi connectivity index (χ4n) is 3.40. The van der Waals surface area contributed by atoms with E-state index in [1.54, 1.807) is 23.1 Å². The van der Waals surface area contributed by atoms with E-state index >= 15 is 0 Å². The molecule has 0 spiro atoms. The zero-order chi connectivity index (χ0) is 23.3. The van der Waals surface area contributed by atoms with E-state index in [0.29, 0.717) is 34.9 Å². The Labute approximate surface area is 183 Å². The number of hydrogen-bond acceptors (Lipinski definition) is 4. The van der Waals surface area contributed by atoms with Gasteiger partial charge in [-0.1, -0.05) is 12.1 Å². The number of nitrogens with two attached hydrogens (primary N) is 1. The molecule has 0 radical (unpaired) electrons. The summed E-state index contributed by atoms with van der Waals surface area (Å²) in [5.74, 6) is -2.08. The van der Waals surface area contributed by atoms with Crippen LogP contribution in [0.15, 0.2) is 48.5 Å². The highest BCUT2D eigenvalue weighted by atomic mass is 19.4. The Morgan fingerprint density at radius 1 is 1.06 bits per heavy atom. The van der Waals surface area contributed by atoms with Crippen molar-refractivity contribution in [3.63, 3.8) is 0 Å². The number of carbonyl (C=O) groups excluding carboxylic acids is 2. The summed E-state index contributed by atoms with van der Waals surface area (Å²) in [5.41, 5.74) is 6.19. The topological polar surface area (TPSA) is 99.7 Å². The van der Waals surface area contributed by atoms with Crippen molar-refractivity contribution in [1.82, 2.24) is 4.90 Å². The summed E-state index contributed by atoms with van der Waals surface area (Å²) < 4.78 is 44.9. The van der Waals surface area contributed by atoms with E-state index in [0.717, 1.165) is 12.8 Å². The molecular weight excluding hydrogens is 425 g/mol. The number of anilines is 1. The maximum absolute atomic E-state index is 13.2. The number of nitrogens with zero attached hydrogens (tertiary/aromatic N) is 2. The second kappa shape index (κ2) is 9.71. The van der Waals surface area contributed by atoms with Gasteiger partial charge in [-0.3, -0.25) is 15.0 Å². The van der Waals surface area contributed by atoms with E-state index in [2.05, 4.69) is 0 Å². The lowest BCUT2D eigenvalue weighted by molar-refractivity contribution is -0.170. The van der Waals surface area contributed by atoms with Gasteiger partial charge in [-0.15, -0.1) is 0 Å². The van der Waals surface area contributed by atoms with E-state index in [4.69, 9.17) is 15.9 Å². The normalized spacial score (nSPS) is 13.7. The molecule has 2 aromatic rings. The average molecular weight is 448 g/mol. The number of rotatable bonds is 7. The minimum Gasteiger partial charge on any atom is -0.492 e. The molecule has 3 rings (SSSR count). The first-order valence-electron chi connectivity index (χ1n) is 10.0. The lowest BCUT2D eigenvalue weighted by atomic mass is 10.1. The molecule has 0 bridgehead atoms. The summed E-state index contributed by atoms with van der Waals surface area (Å²) in [5, 5.41) is 7.43. The molecule has 0 saturated carbocycles. The third-order valence-corrected chi connectivity index (χ3v) is 5.04. The summed E-state index contributed by atoms with van der Waals surface area (Å²) in [6, 6.07) is 11.7. The van der Waals surface area contributed by atoms with Crippen molar-refractivity contribution in [3.8, 4) is 5.75 Å².